The molecule has 67 heavy (non-hydrogen) atoms. The molecule has 0 spiro atoms. The Bertz CT molecular complexity index is 1720. The number of ether oxygens (including phenoxy) is 11. The van der Waals surface area contributed by atoms with Crippen molar-refractivity contribution in [1.82, 2.24) is 0 Å². The molecule has 26 atom stereocenters. The number of aliphatic hydroxyl groups excluding tert-OH is 4. The van der Waals surface area contributed by atoms with E-state index in [2.05, 4.69) is 6.92 Å². The molecule has 0 bridgehead atoms. The molecular formula is C48H80O19. The van der Waals surface area contributed by atoms with Gasteiger partial charge >= 0.3 is 0 Å². The fourth-order valence-corrected chi connectivity index (χ4v) is 14.4. The zero-order chi connectivity index (χ0) is 48.8. The van der Waals surface area contributed by atoms with Gasteiger partial charge in [-0.05, 0) is 103 Å². The molecule has 8 rings (SSSR count). The molecule has 4 saturated heterocycles. The summed E-state index contributed by atoms with van der Waals surface area (Å²) in [6.45, 7) is 12.2. The van der Waals surface area contributed by atoms with Crippen LogP contribution in [0.1, 0.15) is 119 Å². The van der Waals surface area contributed by atoms with Crippen LogP contribution in [-0.4, -0.2) is 196 Å². The lowest BCUT2D eigenvalue weighted by Gasteiger charge is -2.68. The van der Waals surface area contributed by atoms with Crippen LogP contribution in [0.5, 0.6) is 0 Å². The maximum Gasteiger partial charge on any atom is 0.187 e. The van der Waals surface area contributed by atoms with Gasteiger partial charge in [-0.2, -0.15) is 0 Å². The molecular weight excluding hydrogens is 881 g/mol. The topological polar surface area (TPSA) is 260 Å². The van der Waals surface area contributed by atoms with Crippen molar-refractivity contribution in [3.8, 4) is 0 Å². The Balaban J connectivity index is 0.826. The fraction of sp³-hybridized carbons (Fsp3) is 0.979. The molecule has 4 heterocycles. The van der Waals surface area contributed by atoms with Crippen LogP contribution in [0.2, 0.25) is 0 Å². The molecule has 4 saturated carbocycles. The molecule has 386 valence electrons. The Morgan fingerprint density at radius 2 is 1.15 bits per heavy atom. The highest BCUT2D eigenvalue weighted by atomic mass is 16.8. The maximum atomic E-state index is 12.8. The average Bonchev–Trinajstić information content (AvgIpc) is 3.51. The van der Waals surface area contributed by atoms with Crippen LogP contribution in [-0.2, 0) is 56.9 Å². The maximum absolute atomic E-state index is 12.8. The predicted octanol–water partition coefficient (Wildman–Crippen LogP) is 1.37. The van der Waals surface area contributed by atoms with Gasteiger partial charge in [0.15, 0.2) is 30.9 Å². The van der Waals surface area contributed by atoms with Gasteiger partial charge in [-0.1, -0.05) is 13.8 Å². The second-order valence-corrected chi connectivity index (χ2v) is 21.8. The molecule has 0 aromatic carbocycles. The molecule has 4 aliphatic heterocycles. The van der Waals surface area contributed by atoms with Crippen LogP contribution in [0.25, 0.3) is 0 Å². The van der Waals surface area contributed by atoms with Crippen molar-refractivity contribution in [2.24, 2.45) is 22.7 Å². The lowest BCUT2D eigenvalue weighted by Crippen LogP contribution is -2.78. The summed E-state index contributed by atoms with van der Waals surface area (Å²) < 4.78 is 67.6. The summed E-state index contributed by atoms with van der Waals surface area (Å²) >= 11 is 0. The molecule has 8 fully saturated rings. The zero-order valence-corrected chi connectivity index (χ0v) is 40.9. The van der Waals surface area contributed by atoms with E-state index >= 15 is 0 Å². The van der Waals surface area contributed by atoms with Crippen LogP contribution in [0.3, 0.4) is 0 Å². The third kappa shape index (κ3) is 8.60. The Hall–Kier alpha value is -1.05. The molecule has 0 radical (unpaired) electrons. The number of carbonyl (C=O) groups is 1. The van der Waals surface area contributed by atoms with Crippen LogP contribution in [0.4, 0.5) is 0 Å². The SMILES string of the molecule is COC1CC(OC2C(O)CC(OC3CCC4(C)C(CCC5(O)C4CC(O)C4(C)C(O)(C(C)=O)CCC54O)C3)OC2C)OC(C)C1OC1CC(OC)C(OC2OC(C)C(O)C(OC)C2O)C(C)O1. The van der Waals surface area contributed by atoms with Gasteiger partial charge < -0.3 is 87.9 Å². The number of methoxy groups -OCH3 is 3. The summed E-state index contributed by atoms with van der Waals surface area (Å²) in [5.41, 5.74) is -7.42. The van der Waals surface area contributed by atoms with E-state index in [0.717, 1.165) is 0 Å². The van der Waals surface area contributed by atoms with Gasteiger partial charge in [0.1, 0.15) is 47.8 Å². The summed E-state index contributed by atoms with van der Waals surface area (Å²) in [6.07, 6.45) is -9.99. The minimum atomic E-state index is -1.94. The van der Waals surface area contributed by atoms with E-state index in [1.165, 1.54) is 14.0 Å². The van der Waals surface area contributed by atoms with Crippen molar-refractivity contribution in [2.45, 2.75) is 253 Å². The number of hydrogen-bond acceptors (Lipinski definition) is 19. The summed E-state index contributed by atoms with van der Waals surface area (Å²) in [4.78, 5) is 12.8. The van der Waals surface area contributed by atoms with Gasteiger partial charge in [-0.25, -0.2) is 0 Å². The summed E-state index contributed by atoms with van der Waals surface area (Å²) in [7, 11) is 4.57. The summed E-state index contributed by atoms with van der Waals surface area (Å²) in [6, 6.07) is 0. The number of carbonyl (C=O) groups excluding carboxylic acids is 1. The van der Waals surface area contributed by atoms with Gasteiger partial charge in [0.25, 0.3) is 0 Å². The lowest BCUT2D eigenvalue weighted by molar-refractivity contribution is -0.356. The molecule has 19 nitrogen and oxygen atoms in total. The monoisotopic (exact) mass is 961 g/mol. The van der Waals surface area contributed by atoms with E-state index in [-0.39, 0.29) is 44.1 Å². The molecule has 26 unspecified atom stereocenters. The van der Waals surface area contributed by atoms with E-state index in [9.17, 15) is 40.5 Å². The molecule has 19 heteroatoms. The summed E-state index contributed by atoms with van der Waals surface area (Å²) in [5.74, 6) is -0.855. The van der Waals surface area contributed by atoms with Crippen molar-refractivity contribution >= 4 is 5.78 Å². The summed E-state index contributed by atoms with van der Waals surface area (Å²) in [5, 5.41) is 81.0. The molecule has 8 aliphatic rings. The van der Waals surface area contributed by atoms with E-state index in [1.807, 2.05) is 20.8 Å². The number of fused-ring (bicyclic) bond motifs is 5. The quantitative estimate of drug-likeness (QED) is 0.136. The number of aliphatic hydroxyl groups is 7. The largest absolute Gasteiger partial charge is 0.392 e. The number of ketones is 1. The third-order valence-corrected chi connectivity index (χ3v) is 18.5. The highest BCUT2D eigenvalue weighted by Crippen LogP contribution is 2.71. The van der Waals surface area contributed by atoms with E-state index in [1.54, 1.807) is 28.1 Å². The van der Waals surface area contributed by atoms with E-state index < -0.39 is 150 Å². The first-order valence-electron chi connectivity index (χ1n) is 24.7. The first-order valence-corrected chi connectivity index (χ1v) is 24.7. The zero-order valence-electron chi connectivity index (χ0n) is 40.9. The van der Waals surface area contributed by atoms with E-state index in [4.69, 9.17) is 52.1 Å². The van der Waals surface area contributed by atoms with Crippen LogP contribution >= 0.6 is 0 Å². The normalized spacial score (nSPS) is 55.9. The van der Waals surface area contributed by atoms with Crippen molar-refractivity contribution < 1.29 is 92.6 Å². The molecule has 0 amide bonds. The van der Waals surface area contributed by atoms with Crippen molar-refractivity contribution in [3.05, 3.63) is 0 Å². The highest BCUT2D eigenvalue weighted by Gasteiger charge is 2.81. The molecule has 0 aromatic rings. The fourth-order valence-electron chi connectivity index (χ4n) is 14.4. The van der Waals surface area contributed by atoms with Gasteiger partial charge in [-0.15, -0.1) is 0 Å². The number of Topliss-reactive ketones (excluding diaryl/α,β-unsaturated/α-hetero) is 1. The standard InChI is InChI=1S/C48H80O19/c1-22-37(52)42(59-10)38(53)43(63-22)67-41-25(4)62-36(20-31(41)58-9)66-40-24(3)61-35(19-30(40)57-8)65-39-23(2)60-34(18-29(39)50)64-28-12-13-44(6)27(17-28)11-14-47(55)32(44)21-33(51)45(7)46(54,26(5)49)15-16-48(45,47)56/h22-25,27-43,50-56H,11-21H2,1-10H3. The van der Waals surface area contributed by atoms with Crippen LogP contribution in [0.15, 0.2) is 0 Å². The first kappa shape index (κ1) is 52.3. The Morgan fingerprint density at radius 1 is 0.582 bits per heavy atom. The van der Waals surface area contributed by atoms with Crippen LogP contribution in [0, 0.1) is 22.7 Å². The highest BCUT2D eigenvalue weighted by molar-refractivity contribution is 5.87. The number of hydrogen-bond donors (Lipinski definition) is 7. The second kappa shape index (κ2) is 19.4. The average molecular weight is 961 g/mol. The Kier molecular flexibility index (Phi) is 15.2. The Labute approximate surface area is 394 Å². The van der Waals surface area contributed by atoms with Gasteiger partial charge in [-0.3, -0.25) is 4.79 Å². The smallest absolute Gasteiger partial charge is 0.187 e. The van der Waals surface area contributed by atoms with Crippen molar-refractivity contribution in [3.63, 3.8) is 0 Å². The molecule has 4 aliphatic carbocycles. The first-order chi connectivity index (χ1) is 31.5. The van der Waals surface area contributed by atoms with E-state index in [0.29, 0.717) is 38.5 Å². The minimum Gasteiger partial charge on any atom is -0.392 e. The van der Waals surface area contributed by atoms with Gasteiger partial charge in [0, 0.05) is 40.6 Å². The Morgan fingerprint density at radius 3 is 1.72 bits per heavy atom. The molecule has 0 aromatic heterocycles. The third-order valence-electron chi connectivity index (χ3n) is 18.5. The molecule has 7 N–H and O–H groups in total. The lowest BCUT2D eigenvalue weighted by atomic mass is 9.40. The second-order valence-electron chi connectivity index (χ2n) is 21.8. The minimum absolute atomic E-state index is 0.0205. The van der Waals surface area contributed by atoms with Crippen LogP contribution < -0.4 is 0 Å². The number of rotatable bonds is 12. The predicted molar refractivity (Wildman–Crippen MR) is 233 cm³/mol. The van der Waals surface area contributed by atoms with Crippen molar-refractivity contribution in [1.29, 1.82) is 0 Å². The van der Waals surface area contributed by atoms with Gasteiger partial charge in [0.2, 0.25) is 0 Å². The van der Waals surface area contributed by atoms with Crippen molar-refractivity contribution in [2.75, 3.05) is 21.3 Å². The van der Waals surface area contributed by atoms with Gasteiger partial charge in [0.05, 0.1) is 66.0 Å².